The average Bonchev–Trinajstić information content (AvgIpc) is 3.16. The molecule has 1 aromatic heterocycles. The third-order valence-corrected chi connectivity index (χ3v) is 5.43. The number of aromatic nitrogens is 1. The quantitative estimate of drug-likeness (QED) is 0.331. The highest BCUT2D eigenvalue weighted by atomic mass is 16.3. The number of phenols is 1. The largest absolute Gasteiger partial charge is 0.507 e. The fraction of sp³-hybridized carbons (Fsp3) is 0.480. The molecule has 4 nitrogen and oxygen atoms in total. The summed E-state index contributed by atoms with van der Waals surface area (Å²) in [6.07, 6.45) is 9.96. The zero-order valence-electron chi connectivity index (χ0n) is 17.9. The van der Waals surface area contributed by atoms with Gasteiger partial charge in [0.15, 0.2) is 5.58 Å². The Morgan fingerprint density at radius 2 is 1.55 bits per heavy atom. The average molecular weight is 395 g/mol. The second-order valence-electron chi connectivity index (χ2n) is 7.80. The second-order valence-corrected chi connectivity index (χ2v) is 7.80. The van der Waals surface area contributed by atoms with Crippen LogP contribution in [0.5, 0.6) is 5.75 Å². The van der Waals surface area contributed by atoms with Crippen LogP contribution in [-0.2, 0) is 0 Å². The van der Waals surface area contributed by atoms with Crippen molar-refractivity contribution in [3.8, 4) is 17.2 Å². The van der Waals surface area contributed by atoms with Gasteiger partial charge in [0.25, 0.3) is 0 Å². The van der Waals surface area contributed by atoms with Crippen molar-refractivity contribution in [1.82, 2.24) is 4.98 Å². The standard InChI is InChI=1S/C25H34N2O2/c1-3-5-7-11-17-27(18-12-8-6-4-2)20-15-16-21(23(28)19-20)25-26-22-13-9-10-14-24(22)29-25/h9-10,13-16,19,28H,3-8,11-12,17-18H2,1-2H3. The van der Waals surface area contributed by atoms with Crippen LogP contribution in [0, 0.1) is 0 Å². The summed E-state index contributed by atoms with van der Waals surface area (Å²) in [5, 5.41) is 10.7. The predicted molar refractivity (Wildman–Crippen MR) is 122 cm³/mol. The van der Waals surface area contributed by atoms with Crippen LogP contribution in [0.15, 0.2) is 46.9 Å². The van der Waals surface area contributed by atoms with Crippen LogP contribution in [0.1, 0.15) is 65.2 Å². The van der Waals surface area contributed by atoms with Crippen LogP contribution in [0.25, 0.3) is 22.6 Å². The number of anilines is 1. The first-order chi connectivity index (χ1) is 14.2. The molecule has 1 N–H and O–H groups in total. The molecule has 3 aromatic rings. The molecule has 0 saturated heterocycles. The van der Waals surface area contributed by atoms with Gasteiger partial charge in [0.05, 0.1) is 5.56 Å². The Kier molecular flexibility index (Phi) is 7.97. The molecule has 0 spiro atoms. The molecule has 0 fully saturated rings. The number of nitrogens with zero attached hydrogens (tertiary/aromatic N) is 2. The van der Waals surface area contributed by atoms with Gasteiger partial charge in [-0.1, -0.05) is 64.5 Å². The number of oxazole rings is 1. The Morgan fingerprint density at radius 1 is 0.862 bits per heavy atom. The number of hydrogen-bond acceptors (Lipinski definition) is 4. The van der Waals surface area contributed by atoms with Crippen LogP contribution in [0.3, 0.4) is 0 Å². The minimum absolute atomic E-state index is 0.223. The molecule has 0 bridgehead atoms. The summed E-state index contributed by atoms with van der Waals surface area (Å²) in [6, 6.07) is 13.6. The van der Waals surface area contributed by atoms with Gasteiger partial charge in [-0.15, -0.1) is 0 Å². The van der Waals surface area contributed by atoms with Crippen molar-refractivity contribution in [3.05, 3.63) is 42.5 Å². The lowest BCUT2D eigenvalue weighted by atomic mass is 10.1. The van der Waals surface area contributed by atoms with Crippen LogP contribution in [0.4, 0.5) is 5.69 Å². The molecule has 0 aliphatic carbocycles. The maximum absolute atomic E-state index is 10.7. The minimum Gasteiger partial charge on any atom is -0.507 e. The van der Waals surface area contributed by atoms with E-state index in [1.54, 1.807) is 0 Å². The first-order valence-corrected chi connectivity index (χ1v) is 11.2. The van der Waals surface area contributed by atoms with E-state index in [0.717, 1.165) is 29.9 Å². The smallest absolute Gasteiger partial charge is 0.231 e. The van der Waals surface area contributed by atoms with Crippen LogP contribution in [-0.4, -0.2) is 23.2 Å². The Balaban J connectivity index is 1.75. The Hall–Kier alpha value is -2.49. The Bertz CT molecular complexity index is 842. The van der Waals surface area contributed by atoms with E-state index in [0.29, 0.717) is 11.5 Å². The second kappa shape index (κ2) is 10.9. The topological polar surface area (TPSA) is 49.5 Å². The molecule has 3 rings (SSSR count). The number of unbranched alkanes of at least 4 members (excludes halogenated alkanes) is 6. The first kappa shape index (κ1) is 21.2. The summed E-state index contributed by atoms with van der Waals surface area (Å²) in [5.74, 6) is 0.689. The summed E-state index contributed by atoms with van der Waals surface area (Å²) >= 11 is 0. The molecular formula is C25H34N2O2. The van der Waals surface area contributed by atoms with Gasteiger partial charge in [0.1, 0.15) is 11.3 Å². The monoisotopic (exact) mass is 394 g/mol. The summed E-state index contributed by atoms with van der Waals surface area (Å²) in [5.41, 5.74) is 3.26. The van der Waals surface area contributed by atoms with E-state index in [4.69, 9.17) is 4.42 Å². The summed E-state index contributed by atoms with van der Waals surface area (Å²) in [6.45, 7) is 6.55. The van der Waals surface area contributed by atoms with Crippen molar-refractivity contribution in [1.29, 1.82) is 0 Å². The molecule has 0 aliphatic rings. The molecule has 0 amide bonds. The molecular weight excluding hydrogens is 360 g/mol. The third-order valence-electron chi connectivity index (χ3n) is 5.43. The van der Waals surface area contributed by atoms with Gasteiger partial charge in [-0.25, -0.2) is 4.98 Å². The molecule has 0 unspecified atom stereocenters. The zero-order chi connectivity index (χ0) is 20.5. The van der Waals surface area contributed by atoms with E-state index < -0.39 is 0 Å². The van der Waals surface area contributed by atoms with Gasteiger partial charge < -0.3 is 14.4 Å². The molecule has 156 valence electrons. The summed E-state index contributed by atoms with van der Waals surface area (Å²) < 4.78 is 5.83. The maximum atomic E-state index is 10.7. The van der Waals surface area contributed by atoms with Gasteiger partial charge in [-0.3, -0.25) is 0 Å². The number of fused-ring (bicyclic) bond motifs is 1. The van der Waals surface area contributed by atoms with Gasteiger partial charge in [0.2, 0.25) is 5.89 Å². The Labute approximate surface area is 174 Å². The number of aromatic hydroxyl groups is 1. The molecule has 29 heavy (non-hydrogen) atoms. The van der Waals surface area contributed by atoms with Crippen molar-refractivity contribution in [2.75, 3.05) is 18.0 Å². The maximum Gasteiger partial charge on any atom is 0.231 e. The highest BCUT2D eigenvalue weighted by Gasteiger charge is 2.15. The number of phenolic OH excluding ortho intramolecular Hbond substituents is 1. The van der Waals surface area contributed by atoms with E-state index in [9.17, 15) is 5.11 Å². The van der Waals surface area contributed by atoms with Gasteiger partial charge >= 0.3 is 0 Å². The van der Waals surface area contributed by atoms with Gasteiger partial charge in [-0.2, -0.15) is 0 Å². The van der Waals surface area contributed by atoms with E-state index >= 15 is 0 Å². The van der Waals surface area contributed by atoms with Gasteiger partial charge in [-0.05, 0) is 37.1 Å². The fourth-order valence-corrected chi connectivity index (χ4v) is 3.71. The lowest BCUT2D eigenvalue weighted by Crippen LogP contribution is -2.25. The third kappa shape index (κ3) is 5.75. The Morgan fingerprint density at radius 3 is 2.17 bits per heavy atom. The van der Waals surface area contributed by atoms with Crippen LogP contribution >= 0.6 is 0 Å². The lowest BCUT2D eigenvalue weighted by Gasteiger charge is -2.25. The highest BCUT2D eigenvalue weighted by molar-refractivity contribution is 5.78. The lowest BCUT2D eigenvalue weighted by molar-refractivity contribution is 0.473. The minimum atomic E-state index is 0.223. The van der Waals surface area contributed by atoms with Crippen molar-refractivity contribution in [3.63, 3.8) is 0 Å². The van der Waals surface area contributed by atoms with Crippen molar-refractivity contribution >= 4 is 16.8 Å². The first-order valence-electron chi connectivity index (χ1n) is 11.2. The van der Waals surface area contributed by atoms with Crippen LogP contribution < -0.4 is 4.90 Å². The number of benzene rings is 2. The molecule has 0 radical (unpaired) electrons. The van der Waals surface area contributed by atoms with Gasteiger partial charge in [0, 0.05) is 24.8 Å². The summed E-state index contributed by atoms with van der Waals surface area (Å²) in [4.78, 5) is 6.94. The molecule has 4 heteroatoms. The van der Waals surface area contributed by atoms with E-state index in [1.165, 1.54) is 51.4 Å². The van der Waals surface area contributed by atoms with E-state index in [-0.39, 0.29) is 5.75 Å². The number of hydrogen-bond donors (Lipinski definition) is 1. The number of rotatable bonds is 12. The van der Waals surface area contributed by atoms with E-state index in [2.05, 4.69) is 29.8 Å². The van der Waals surface area contributed by atoms with E-state index in [1.807, 2.05) is 36.4 Å². The predicted octanol–water partition coefficient (Wildman–Crippen LogP) is 7.17. The van der Waals surface area contributed by atoms with Crippen molar-refractivity contribution in [2.24, 2.45) is 0 Å². The highest BCUT2D eigenvalue weighted by Crippen LogP contribution is 2.34. The SMILES string of the molecule is CCCCCCN(CCCCCC)c1ccc(-c2nc3ccccc3o2)c(O)c1. The van der Waals surface area contributed by atoms with Crippen molar-refractivity contribution in [2.45, 2.75) is 65.2 Å². The summed E-state index contributed by atoms with van der Waals surface area (Å²) in [7, 11) is 0. The fourth-order valence-electron chi connectivity index (χ4n) is 3.71. The molecule has 1 heterocycles. The number of para-hydroxylation sites is 2. The molecule has 0 atom stereocenters. The van der Waals surface area contributed by atoms with Crippen LogP contribution in [0.2, 0.25) is 0 Å². The normalized spacial score (nSPS) is 11.2. The molecule has 0 saturated carbocycles. The van der Waals surface area contributed by atoms with Crippen molar-refractivity contribution < 1.29 is 9.52 Å². The zero-order valence-corrected chi connectivity index (χ0v) is 17.9. The molecule has 0 aliphatic heterocycles. The molecule has 2 aromatic carbocycles.